The molecule has 0 bridgehead atoms. The Morgan fingerprint density at radius 2 is 1.63 bits per heavy atom. The van der Waals surface area contributed by atoms with Crippen LogP contribution in [0, 0.1) is 5.92 Å². The molecule has 0 aromatic rings. The van der Waals surface area contributed by atoms with Gasteiger partial charge in [0.05, 0.1) is 0 Å². The van der Waals surface area contributed by atoms with Gasteiger partial charge in [-0.2, -0.15) is 0 Å². The number of halogens is 2. The van der Waals surface area contributed by atoms with E-state index >= 15 is 0 Å². The van der Waals surface area contributed by atoms with Crippen LogP contribution >= 0.6 is 0 Å². The fourth-order valence-corrected chi connectivity index (χ4v) is 5.62. The second-order valence-electron chi connectivity index (χ2n) is 5.54. The predicted molar refractivity (Wildman–Crippen MR) is 70.7 cm³/mol. The summed E-state index contributed by atoms with van der Waals surface area (Å²) in [5.74, 6) is 0.758. The first kappa shape index (κ1) is 19.7. The van der Waals surface area contributed by atoms with E-state index in [4.69, 9.17) is 0 Å². The Morgan fingerprint density at radius 1 is 1.05 bits per heavy atom. The average molecular weight is 338 g/mol. The van der Waals surface area contributed by atoms with Crippen molar-refractivity contribution in [2.75, 3.05) is 19.6 Å². The van der Waals surface area contributed by atoms with Crippen LogP contribution in [0.5, 0.6) is 0 Å². The summed E-state index contributed by atoms with van der Waals surface area (Å²) in [5.41, 5.74) is 4.84. The van der Waals surface area contributed by atoms with Crippen molar-refractivity contribution in [2.45, 2.75) is 45.3 Å². The fourth-order valence-electron chi connectivity index (χ4n) is 3.00. The molecule has 1 atom stereocenters. The molecule has 0 amide bonds. The standard InChI is InChI=1S/C9H13.C6H12N.2ClH.Ti/c1-6-5-7(2)9(4)8(6)3;1-2-7-5-3-4-6-7;;;/h6H,1-4H3;1-6H2;2*1H;/q;;;;+2/p-2. The largest absolute Gasteiger partial charge is 1.00 e. The third kappa shape index (κ3) is 4.61. The molecule has 4 heteroatoms. The van der Waals surface area contributed by atoms with E-state index in [1.165, 1.54) is 37.2 Å². The van der Waals surface area contributed by atoms with Gasteiger partial charge in [-0.05, 0) is 0 Å². The Labute approximate surface area is 140 Å². The molecule has 1 unspecified atom stereocenters. The van der Waals surface area contributed by atoms with Crippen molar-refractivity contribution in [3.63, 3.8) is 0 Å². The van der Waals surface area contributed by atoms with Gasteiger partial charge in [-0.3, -0.25) is 0 Å². The second kappa shape index (κ2) is 8.90. The maximum Gasteiger partial charge on any atom is -1.00 e. The minimum Gasteiger partial charge on any atom is -1.00 e. The van der Waals surface area contributed by atoms with Crippen LogP contribution in [0.2, 0.25) is 4.73 Å². The van der Waals surface area contributed by atoms with Crippen LogP contribution in [0.25, 0.3) is 0 Å². The molecule has 2 rings (SSSR count). The molecule has 19 heavy (non-hydrogen) atoms. The van der Waals surface area contributed by atoms with Gasteiger partial charge >= 0.3 is 115 Å². The number of hydrogen-bond donors (Lipinski definition) is 0. The SMILES string of the molecule is CC1=C(C)C(C)[C]([Ti+2][CH2]CN2CCCC2)=C1C.[Cl-].[Cl-]. The first-order chi connectivity index (χ1) is 8.11. The van der Waals surface area contributed by atoms with Gasteiger partial charge in [0.1, 0.15) is 0 Å². The van der Waals surface area contributed by atoms with Crippen molar-refractivity contribution in [2.24, 2.45) is 5.92 Å². The van der Waals surface area contributed by atoms with E-state index < -0.39 is 0 Å². The van der Waals surface area contributed by atoms with Gasteiger partial charge in [0.25, 0.3) is 0 Å². The molecule has 1 nitrogen and oxygen atoms in total. The summed E-state index contributed by atoms with van der Waals surface area (Å²) >= 11 is 0.123. The number of likely N-dealkylation sites (tertiary alicyclic amines) is 1. The maximum atomic E-state index is 2.66. The molecule has 0 aromatic heterocycles. The first-order valence-electron chi connectivity index (χ1n) is 6.96. The summed E-state index contributed by atoms with van der Waals surface area (Å²) in [4.78, 5) is 2.66. The normalized spacial score (nSPS) is 23.3. The first-order valence-corrected chi connectivity index (χ1v) is 8.84. The number of rotatable bonds is 4. The zero-order valence-corrected chi connectivity index (χ0v) is 15.6. The van der Waals surface area contributed by atoms with Gasteiger partial charge in [0.2, 0.25) is 0 Å². The molecule has 2 aliphatic rings. The van der Waals surface area contributed by atoms with Crippen LogP contribution < -0.4 is 24.8 Å². The van der Waals surface area contributed by atoms with Crippen molar-refractivity contribution in [1.82, 2.24) is 4.90 Å². The fraction of sp³-hybridized carbons (Fsp3) is 0.733. The van der Waals surface area contributed by atoms with E-state index in [1.54, 1.807) is 16.7 Å². The summed E-state index contributed by atoms with van der Waals surface area (Å²) < 4.78 is 3.30. The molecular weight excluding hydrogens is 313 g/mol. The molecule has 1 fully saturated rings. The maximum absolute atomic E-state index is 2.66. The van der Waals surface area contributed by atoms with Crippen LogP contribution in [-0.4, -0.2) is 24.5 Å². The summed E-state index contributed by atoms with van der Waals surface area (Å²) in [6.45, 7) is 13.5. The van der Waals surface area contributed by atoms with Crippen molar-refractivity contribution in [3.05, 3.63) is 20.6 Å². The van der Waals surface area contributed by atoms with Gasteiger partial charge in [0.15, 0.2) is 0 Å². The number of hydrogen-bond acceptors (Lipinski definition) is 1. The quantitative estimate of drug-likeness (QED) is 0.529. The summed E-state index contributed by atoms with van der Waals surface area (Å²) in [6, 6.07) is 0. The summed E-state index contributed by atoms with van der Waals surface area (Å²) in [7, 11) is 0. The molecule has 1 heterocycles. The van der Waals surface area contributed by atoms with E-state index in [0.717, 1.165) is 5.92 Å². The Kier molecular flexibility index (Phi) is 9.24. The molecule has 1 saturated heterocycles. The Bertz CT molecular complexity index is 357. The Morgan fingerprint density at radius 3 is 2.11 bits per heavy atom. The summed E-state index contributed by atoms with van der Waals surface area (Å²) in [6.07, 6.45) is 2.86. The number of allylic oxidation sites excluding steroid dienone is 4. The van der Waals surface area contributed by atoms with Crippen LogP contribution in [0.3, 0.4) is 0 Å². The topological polar surface area (TPSA) is 3.24 Å². The van der Waals surface area contributed by atoms with Crippen molar-refractivity contribution < 1.29 is 44.0 Å². The minimum absolute atomic E-state index is 0. The molecule has 1 aliphatic carbocycles. The van der Waals surface area contributed by atoms with E-state index in [9.17, 15) is 0 Å². The minimum atomic E-state index is 0. The second-order valence-corrected chi connectivity index (χ2v) is 7.72. The van der Waals surface area contributed by atoms with Crippen molar-refractivity contribution >= 4 is 0 Å². The van der Waals surface area contributed by atoms with E-state index in [0.29, 0.717) is 0 Å². The van der Waals surface area contributed by atoms with E-state index in [2.05, 4.69) is 32.6 Å². The molecule has 0 saturated carbocycles. The predicted octanol–water partition coefficient (Wildman–Crippen LogP) is -2.15. The Balaban J connectivity index is 0.00000162. The third-order valence-electron chi connectivity index (χ3n) is 4.58. The average Bonchev–Trinajstić information content (AvgIpc) is 2.89. The molecule has 0 N–H and O–H groups in total. The molecular formula is C15H25Cl2NTi. The van der Waals surface area contributed by atoms with E-state index in [1.807, 2.05) is 3.88 Å². The summed E-state index contributed by atoms with van der Waals surface area (Å²) in [5, 5.41) is 0. The van der Waals surface area contributed by atoms with Gasteiger partial charge in [-0.1, -0.05) is 0 Å². The monoisotopic (exact) mass is 337 g/mol. The molecule has 0 aromatic carbocycles. The van der Waals surface area contributed by atoms with E-state index in [-0.39, 0.29) is 44.0 Å². The van der Waals surface area contributed by atoms with Gasteiger partial charge in [-0.25, -0.2) is 0 Å². The molecule has 108 valence electrons. The van der Waals surface area contributed by atoms with Crippen LogP contribution in [0.4, 0.5) is 0 Å². The van der Waals surface area contributed by atoms with Gasteiger partial charge in [-0.15, -0.1) is 0 Å². The molecule has 0 spiro atoms. The third-order valence-corrected chi connectivity index (χ3v) is 7.18. The zero-order chi connectivity index (χ0) is 12.4. The smallest absolute Gasteiger partial charge is 1.00 e. The number of nitrogens with zero attached hydrogens (tertiary/aromatic N) is 1. The van der Waals surface area contributed by atoms with Gasteiger partial charge < -0.3 is 24.8 Å². The van der Waals surface area contributed by atoms with Crippen LogP contribution in [-0.2, 0) is 19.2 Å². The van der Waals surface area contributed by atoms with Crippen LogP contribution in [0.1, 0.15) is 40.5 Å². The Hall–Kier alpha value is 0.734. The van der Waals surface area contributed by atoms with Crippen molar-refractivity contribution in [3.8, 4) is 0 Å². The molecule has 0 radical (unpaired) electrons. The van der Waals surface area contributed by atoms with Crippen molar-refractivity contribution in [1.29, 1.82) is 0 Å². The zero-order valence-electron chi connectivity index (χ0n) is 12.5. The van der Waals surface area contributed by atoms with Crippen LogP contribution in [0.15, 0.2) is 20.6 Å². The van der Waals surface area contributed by atoms with Gasteiger partial charge in [0, 0.05) is 0 Å². The molecule has 1 aliphatic heterocycles.